The molecular weight excluding hydrogens is 372 g/mol. The number of carboxylic acid groups (broad SMARTS) is 1. The van der Waals surface area contributed by atoms with E-state index in [1.54, 1.807) is 6.07 Å². The number of hydrogen-bond donors (Lipinski definition) is 1. The molecule has 4 unspecified atom stereocenters. The van der Waals surface area contributed by atoms with Crippen molar-refractivity contribution in [1.82, 2.24) is 0 Å². The van der Waals surface area contributed by atoms with Crippen molar-refractivity contribution in [2.75, 3.05) is 6.61 Å². The number of carbonyl (C=O) groups is 4. The molecule has 152 valence electrons. The van der Waals surface area contributed by atoms with E-state index in [4.69, 9.17) is 18.9 Å². The Balaban J connectivity index is 2.39. The van der Waals surface area contributed by atoms with Crippen molar-refractivity contribution in [3.05, 3.63) is 35.4 Å². The van der Waals surface area contributed by atoms with Crippen LogP contribution in [0, 0.1) is 0 Å². The van der Waals surface area contributed by atoms with E-state index in [2.05, 4.69) is 0 Å². The first-order valence-electron chi connectivity index (χ1n) is 8.64. The van der Waals surface area contributed by atoms with Gasteiger partial charge in [0, 0.05) is 27.2 Å². The van der Waals surface area contributed by atoms with Gasteiger partial charge in [-0.25, -0.2) is 4.79 Å². The van der Waals surface area contributed by atoms with Crippen LogP contribution < -0.4 is 0 Å². The van der Waals surface area contributed by atoms with E-state index in [1.807, 2.05) is 0 Å². The van der Waals surface area contributed by atoms with Crippen LogP contribution >= 0.6 is 0 Å². The number of carboxylic acids is 1. The maximum Gasteiger partial charge on any atom is 0.335 e. The number of hydrogen-bond acceptors (Lipinski definition) is 8. The third-order valence-electron chi connectivity index (χ3n) is 4.05. The van der Waals surface area contributed by atoms with Crippen LogP contribution in [0.1, 0.15) is 49.2 Å². The summed E-state index contributed by atoms with van der Waals surface area (Å²) in [7, 11) is 0. The molecule has 0 amide bonds. The van der Waals surface area contributed by atoms with Gasteiger partial charge in [-0.05, 0) is 17.7 Å². The second kappa shape index (κ2) is 9.32. The molecule has 1 heterocycles. The van der Waals surface area contributed by atoms with Crippen LogP contribution in [-0.2, 0) is 33.3 Å². The van der Waals surface area contributed by atoms with Crippen molar-refractivity contribution >= 4 is 23.9 Å². The monoisotopic (exact) mass is 394 g/mol. The average molecular weight is 394 g/mol. The molecule has 1 N–H and O–H groups in total. The molecule has 28 heavy (non-hydrogen) atoms. The number of aromatic carboxylic acids is 1. The van der Waals surface area contributed by atoms with E-state index >= 15 is 0 Å². The topological polar surface area (TPSA) is 125 Å². The predicted octanol–water partition coefficient (Wildman–Crippen LogP) is 1.64. The third kappa shape index (κ3) is 5.78. The summed E-state index contributed by atoms with van der Waals surface area (Å²) < 4.78 is 21.6. The minimum atomic E-state index is -1.13. The first kappa shape index (κ1) is 21.4. The Morgan fingerprint density at radius 1 is 1.07 bits per heavy atom. The zero-order valence-electron chi connectivity index (χ0n) is 15.7. The molecule has 4 atom stereocenters. The summed E-state index contributed by atoms with van der Waals surface area (Å²) in [4.78, 5) is 45.6. The highest BCUT2D eigenvalue weighted by Crippen LogP contribution is 2.36. The lowest BCUT2D eigenvalue weighted by molar-refractivity contribution is -0.214. The lowest BCUT2D eigenvalue weighted by Crippen LogP contribution is -2.49. The van der Waals surface area contributed by atoms with Crippen molar-refractivity contribution < 1.29 is 43.2 Å². The smallest absolute Gasteiger partial charge is 0.335 e. The summed E-state index contributed by atoms with van der Waals surface area (Å²) in [5.74, 6) is -2.81. The highest BCUT2D eigenvalue weighted by atomic mass is 16.6. The summed E-state index contributed by atoms with van der Waals surface area (Å²) in [5, 5.41) is 9.23. The summed E-state index contributed by atoms with van der Waals surface area (Å²) >= 11 is 0. The lowest BCUT2D eigenvalue weighted by Gasteiger charge is -2.40. The molecule has 9 nitrogen and oxygen atoms in total. The highest BCUT2D eigenvalue weighted by molar-refractivity contribution is 5.87. The number of carbonyl (C=O) groups excluding carboxylic acids is 3. The van der Waals surface area contributed by atoms with Gasteiger partial charge in [-0.3, -0.25) is 14.4 Å². The number of rotatable bonds is 6. The standard InChI is InChI=1S/C19H22O9/c1-10(20)25-9-15-8-16(26-11(2)21)18(27-12(3)22)17(28-15)13-5-4-6-14(7-13)19(23)24/h4-7,15-18H,8-9H2,1-3H3,(H,23,24). The summed E-state index contributed by atoms with van der Waals surface area (Å²) in [6.45, 7) is 3.60. The van der Waals surface area contributed by atoms with Gasteiger partial charge in [0.15, 0.2) is 6.10 Å². The number of esters is 3. The molecule has 0 radical (unpaired) electrons. The molecule has 1 aliphatic heterocycles. The van der Waals surface area contributed by atoms with Gasteiger partial charge in [0.1, 0.15) is 18.8 Å². The van der Waals surface area contributed by atoms with E-state index < -0.39 is 48.3 Å². The zero-order chi connectivity index (χ0) is 20.8. The normalized spacial score (nSPS) is 24.1. The average Bonchev–Trinajstić information content (AvgIpc) is 2.60. The van der Waals surface area contributed by atoms with Crippen LogP contribution in [-0.4, -0.2) is 53.9 Å². The fraction of sp³-hybridized carbons (Fsp3) is 0.474. The quantitative estimate of drug-likeness (QED) is 0.566. The molecule has 1 aliphatic rings. The van der Waals surface area contributed by atoms with E-state index in [0.29, 0.717) is 5.56 Å². The molecule has 1 aromatic rings. The predicted molar refractivity (Wildman–Crippen MR) is 93.4 cm³/mol. The second-order valence-electron chi connectivity index (χ2n) is 6.37. The summed E-state index contributed by atoms with van der Waals surface area (Å²) in [5.41, 5.74) is 0.449. The van der Waals surface area contributed by atoms with Crippen LogP contribution in [0.15, 0.2) is 24.3 Å². The largest absolute Gasteiger partial charge is 0.478 e. The van der Waals surface area contributed by atoms with Crippen LogP contribution in [0.25, 0.3) is 0 Å². The molecule has 9 heteroatoms. The molecule has 1 saturated heterocycles. The molecule has 0 spiro atoms. The SMILES string of the molecule is CC(=O)OCC1CC(OC(C)=O)C(OC(C)=O)C(c2cccc(C(=O)O)c2)O1. The van der Waals surface area contributed by atoms with Gasteiger partial charge in [-0.2, -0.15) is 0 Å². The van der Waals surface area contributed by atoms with Gasteiger partial charge in [-0.1, -0.05) is 12.1 Å². The van der Waals surface area contributed by atoms with Crippen LogP contribution in [0.2, 0.25) is 0 Å². The fourth-order valence-corrected chi connectivity index (χ4v) is 3.02. The van der Waals surface area contributed by atoms with E-state index in [9.17, 15) is 24.3 Å². The molecule has 2 rings (SSSR count). The van der Waals surface area contributed by atoms with E-state index in [0.717, 1.165) is 0 Å². The Kier molecular flexibility index (Phi) is 7.11. The van der Waals surface area contributed by atoms with Crippen molar-refractivity contribution in [2.24, 2.45) is 0 Å². The van der Waals surface area contributed by atoms with Gasteiger partial charge in [0.05, 0.1) is 11.7 Å². The summed E-state index contributed by atoms with van der Waals surface area (Å²) in [6.07, 6.45) is -3.26. The third-order valence-corrected chi connectivity index (χ3v) is 4.05. The molecule has 1 fully saturated rings. The Bertz CT molecular complexity index is 758. The maximum absolute atomic E-state index is 11.6. The Hall–Kier alpha value is -2.94. The Morgan fingerprint density at radius 3 is 2.32 bits per heavy atom. The van der Waals surface area contributed by atoms with E-state index in [1.165, 1.54) is 39.0 Å². The Morgan fingerprint density at radius 2 is 1.75 bits per heavy atom. The number of benzene rings is 1. The molecule has 1 aromatic carbocycles. The van der Waals surface area contributed by atoms with Gasteiger partial charge >= 0.3 is 23.9 Å². The molecule has 0 aromatic heterocycles. The first-order valence-corrected chi connectivity index (χ1v) is 8.64. The minimum Gasteiger partial charge on any atom is -0.478 e. The first-order chi connectivity index (χ1) is 13.2. The van der Waals surface area contributed by atoms with Gasteiger partial charge in [0.2, 0.25) is 0 Å². The highest BCUT2D eigenvalue weighted by Gasteiger charge is 2.44. The van der Waals surface area contributed by atoms with Crippen molar-refractivity contribution in [3.63, 3.8) is 0 Å². The number of ether oxygens (including phenoxy) is 4. The van der Waals surface area contributed by atoms with Crippen LogP contribution in [0.5, 0.6) is 0 Å². The maximum atomic E-state index is 11.6. The van der Waals surface area contributed by atoms with Crippen LogP contribution in [0.4, 0.5) is 0 Å². The van der Waals surface area contributed by atoms with Crippen molar-refractivity contribution in [2.45, 2.75) is 51.6 Å². The lowest BCUT2D eigenvalue weighted by atomic mass is 9.92. The van der Waals surface area contributed by atoms with Gasteiger partial charge in [-0.15, -0.1) is 0 Å². The minimum absolute atomic E-state index is 0.0221. The second-order valence-corrected chi connectivity index (χ2v) is 6.37. The van der Waals surface area contributed by atoms with Crippen LogP contribution in [0.3, 0.4) is 0 Å². The fourth-order valence-electron chi connectivity index (χ4n) is 3.02. The summed E-state index contributed by atoms with van der Waals surface area (Å²) in [6, 6.07) is 5.95. The van der Waals surface area contributed by atoms with Crippen molar-refractivity contribution in [1.29, 1.82) is 0 Å². The molecular formula is C19H22O9. The zero-order valence-corrected chi connectivity index (χ0v) is 15.7. The molecule has 0 aliphatic carbocycles. The molecule has 0 saturated carbocycles. The van der Waals surface area contributed by atoms with Gasteiger partial charge in [0.25, 0.3) is 0 Å². The molecule has 0 bridgehead atoms. The Labute approximate surface area is 161 Å². The van der Waals surface area contributed by atoms with Gasteiger partial charge < -0.3 is 24.1 Å². The van der Waals surface area contributed by atoms with Crippen molar-refractivity contribution in [3.8, 4) is 0 Å². The van der Waals surface area contributed by atoms with E-state index in [-0.39, 0.29) is 18.6 Å².